The molecule has 0 unspecified atom stereocenters. The maximum atomic E-state index is 12.3. The van der Waals surface area contributed by atoms with Gasteiger partial charge in [0.25, 0.3) is 5.91 Å². The molecule has 1 aliphatic heterocycles. The van der Waals surface area contributed by atoms with E-state index in [1.807, 2.05) is 31.2 Å². The van der Waals surface area contributed by atoms with E-state index in [0.29, 0.717) is 28.0 Å². The van der Waals surface area contributed by atoms with Crippen LogP contribution in [0.5, 0.6) is 11.5 Å². The Kier molecular flexibility index (Phi) is 4.52. The molecule has 0 spiro atoms. The zero-order valence-corrected chi connectivity index (χ0v) is 15.1. The zero-order chi connectivity index (χ0) is 18.8. The fourth-order valence-electron chi connectivity index (χ4n) is 2.50. The summed E-state index contributed by atoms with van der Waals surface area (Å²) >= 11 is 6.07. The Morgan fingerprint density at radius 3 is 2.63 bits per heavy atom. The number of nitrogens with zero attached hydrogens (tertiary/aromatic N) is 2. The lowest BCUT2D eigenvalue weighted by molar-refractivity contribution is 0.102. The first-order chi connectivity index (χ1) is 13.1. The number of amides is 1. The normalized spacial score (nSPS) is 11.9. The first kappa shape index (κ1) is 17.1. The minimum atomic E-state index is -0.364. The van der Waals surface area contributed by atoms with Crippen LogP contribution < -0.4 is 20.1 Å². The molecule has 0 aliphatic carbocycles. The van der Waals surface area contributed by atoms with Crippen LogP contribution in [-0.2, 0) is 0 Å². The predicted octanol–water partition coefficient (Wildman–Crippen LogP) is 4.16. The second-order valence-corrected chi connectivity index (χ2v) is 6.31. The molecular formula is C19H15ClN4O3. The molecular weight excluding hydrogens is 368 g/mol. The highest BCUT2D eigenvalue weighted by molar-refractivity contribution is 6.31. The van der Waals surface area contributed by atoms with Gasteiger partial charge in [0.1, 0.15) is 11.5 Å². The zero-order valence-electron chi connectivity index (χ0n) is 14.3. The number of aryl methyl sites for hydroxylation is 1. The molecule has 1 amide bonds. The average Bonchev–Trinajstić information content (AvgIpc) is 3.13. The highest BCUT2D eigenvalue weighted by Crippen LogP contribution is 2.34. The van der Waals surface area contributed by atoms with Crippen molar-refractivity contribution in [2.75, 3.05) is 17.4 Å². The Labute approximate surface area is 160 Å². The second-order valence-electron chi connectivity index (χ2n) is 5.90. The van der Waals surface area contributed by atoms with E-state index in [1.54, 1.807) is 12.1 Å². The van der Waals surface area contributed by atoms with Gasteiger partial charge in [-0.1, -0.05) is 17.7 Å². The average molecular weight is 383 g/mol. The summed E-state index contributed by atoms with van der Waals surface area (Å²) < 4.78 is 10.6. The summed E-state index contributed by atoms with van der Waals surface area (Å²) in [5, 5.41) is 6.44. The van der Waals surface area contributed by atoms with Crippen LogP contribution in [0.1, 0.15) is 16.1 Å². The Balaban J connectivity index is 1.43. The molecule has 4 rings (SSSR count). The molecule has 27 heavy (non-hydrogen) atoms. The number of rotatable bonds is 4. The predicted molar refractivity (Wildman–Crippen MR) is 102 cm³/mol. The van der Waals surface area contributed by atoms with Gasteiger partial charge in [0.15, 0.2) is 11.5 Å². The number of hydrogen-bond donors (Lipinski definition) is 2. The Morgan fingerprint density at radius 1 is 1.04 bits per heavy atom. The van der Waals surface area contributed by atoms with Gasteiger partial charge in [0, 0.05) is 22.5 Å². The van der Waals surface area contributed by atoms with Gasteiger partial charge in [-0.05, 0) is 36.8 Å². The molecule has 2 aromatic carbocycles. The summed E-state index contributed by atoms with van der Waals surface area (Å²) in [6.45, 7) is 2.11. The number of halogens is 1. The molecule has 2 heterocycles. The van der Waals surface area contributed by atoms with E-state index in [9.17, 15) is 4.79 Å². The molecule has 0 saturated carbocycles. The van der Waals surface area contributed by atoms with E-state index in [0.717, 1.165) is 11.3 Å². The number of carbonyl (C=O) groups is 1. The third-order valence-electron chi connectivity index (χ3n) is 3.96. The fraction of sp³-hybridized carbons (Fsp3) is 0.105. The van der Waals surface area contributed by atoms with Crippen LogP contribution in [0, 0.1) is 6.92 Å². The van der Waals surface area contributed by atoms with Gasteiger partial charge in [0.2, 0.25) is 6.79 Å². The highest BCUT2D eigenvalue weighted by atomic mass is 35.5. The smallest absolute Gasteiger partial charge is 0.275 e. The van der Waals surface area contributed by atoms with E-state index in [-0.39, 0.29) is 18.4 Å². The van der Waals surface area contributed by atoms with E-state index >= 15 is 0 Å². The van der Waals surface area contributed by atoms with Crippen molar-refractivity contribution in [3.8, 4) is 11.5 Å². The Bertz CT molecular complexity index is 1010. The van der Waals surface area contributed by atoms with Gasteiger partial charge in [-0.2, -0.15) is 0 Å². The standard InChI is InChI=1S/C19H15ClN4O3/c1-11-2-3-12(6-14(11)20)24-19(25)15-8-22-18(9-21-15)23-13-4-5-16-17(7-13)27-10-26-16/h2-9H,10H2,1H3,(H,22,23)(H,24,25). The number of anilines is 3. The third-order valence-corrected chi connectivity index (χ3v) is 4.37. The largest absolute Gasteiger partial charge is 0.454 e. The number of benzene rings is 2. The van der Waals surface area contributed by atoms with Crippen molar-refractivity contribution < 1.29 is 14.3 Å². The number of aromatic nitrogens is 2. The topological polar surface area (TPSA) is 85.4 Å². The highest BCUT2D eigenvalue weighted by Gasteiger charge is 2.14. The number of fused-ring (bicyclic) bond motifs is 1. The molecule has 7 nitrogen and oxygen atoms in total. The molecule has 1 aromatic heterocycles. The molecule has 136 valence electrons. The number of hydrogen-bond acceptors (Lipinski definition) is 6. The maximum absolute atomic E-state index is 12.3. The summed E-state index contributed by atoms with van der Waals surface area (Å²) in [6, 6.07) is 10.8. The molecule has 8 heteroatoms. The molecule has 3 aromatic rings. The minimum absolute atomic E-state index is 0.197. The number of nitrogens with one attached hydrogen (secondary N) is 2. The van der Waals surface area contributed by atoms with Crippen molar-refractivity contribution in [3.05, 3.63) is 65.1 Å². The summed E-state index contributed by atoms with van der Waals surface area (Å²) in [5.41, 5.74) is 2.51. The molecule has 0 saturated heterocycles. The van der Waals surface area contributed by atoms with Crippen molar-refractivity contribution in [2.24, 2.45) is 0 Å². The Hall–Kier alpha value is -3.32. The van der Waals surface area contributed by atoms with E-state index < -0.39 is 0 Å². The summed E-state index contributed by atoms with van der Waals surface area (Å²) in [6.07, 6.45) is 2.89. The number of carbonyl (C=O) groups excluding carboxylic acids is 1. The summed E-state index contributed by atoms with van der Waals surface area (Å²) in [5.74, 6) is 1.51. The molecule has 0 atom stereocenters. The van der Waals surface area contributed by atoms with Crippen LogP contribution in [0.4, 0.5) is 17.2 Å². The van der Waals surface area contributed by atoms with Gasteiger partial charge in [-0.25, -0.2) is 9.97 Å². The van der Waals surface area contributed by atoms with Gasteiger partial charge < -0.3 is 20.1 Å². The van der Waals surface area contributed by atoms with E-state index in [1.165, 1.54) is 12.4 Å². The van der Waals surface area contributed by atoms with Crippen LogP contribution in [0.15, 0.2) is 48.8 Å². The minimum Gasteiger partial charge on any atom is -0.454 e. The molecule has 0 radical (unpaired) electrons. The summed E-state index contributed by atoms with van der Waals surface area (Å²) in [4.78, 5) is 20.7. The SMILES string of the molecule is Cc1ccc(NC(=O)c2cnc(Nc3ccc4c(c3)OCO4)cn2)cc1Cl. The van der Waals surface area contributed by atoms with E-state index in [4.69, 9.17) is 21.1 Å². The van der Waals surface area contributed by atoms with Gasteiger partial charge in [-0.3, -0.25) is 4.79 Å². The van der Waals surface area contributed by atoms with Crippen LogP contribution in [0.25, 0.3) is 0 Å². The van der Waals surface area contributed by atoms with Crippen LogP contribution in [0.3, 0.4) is 0 Å². The molecule has 0 bridgehead atoms. The van der Waals surface area contributed by atoms with Crippen LogP contribution in [-0.4, -0.2) is 22.7 Å². The lowest BCUT2D eigenvalue weighted by Crippen LogP contribution is -2.14. The number of ether oxygens (including phenoxy) is 2. The van der Waals surface area contributed by atoms with Crippen LogP contribution >= 0.6 is 11.6 Å². The maximum Gasteiger partial charge on any atom is 0.275 e. The summed E-state index contributed by atoms with van der Waals surface area (Å²) in [7, 11) is 0. The lowest BCUT2D eigenvalue weighted by atomic mass is 10.2. The van der Waals surface area contributed by atoms with Crippen molar-refractivity contribution in [1.82, 2.24) is 9.97 Å². The Morgan fingerprint density at radius 2 is 1.85 bits per heavy atom. The quantitative estimate of drug-likeness (QED) is 0.704. The first-order valence-electron chi connectivity index (χ1n) is 8.15. The van der Waals surface area contributed by atoms with Crippen molar-refractivity contribution in [1.29, 1.82) is 0 Å². The van der Waals surface area contributed by atoms with Crippen molar-refractivity contribution in [2.45, 2.75) is 6.92 Å². The third kappa shape index (κ3) is 3.78. The fourth-order valence-corrected chi connectivity index (χ4v) is 2.68. The first-order valence-corrected chi connectivity index (χ1v) is 8.52. The molecule has 0 fully saturated rings. The van der Waals surface area contributed by atoms with Crippen LogP contribution in [0.2, 0.25) is 5.02 Å². The monoisotopic (exact) mass is 382 g/mol. The lowest BCUT2D eigenvalue weighted by Gasteiger charge is -2.08. The van der Waals surface area contributed by atoms with E-state index in [2.05, 4.69) is 20.6 Å². The molecule has 1 aliphatic rings. The molecule has 2 N–H and O–H groups in total. The van der Waals surface area contributed by atoms with Gasteiger partial charge in [-0.15, -0.1) is 0 Å². The van der Waals surface area contributed by atoms with Crippen molar-refractivity contribution >= 4 is 34.7 Å². The van der Waals surface area contributed by atoms with Gasteiger partial charge >= 0.3 is 0 Å². The van der Waals surface area contributed by atoms with Crippen molar-refractivity contribution in [3.63, 3.8) is 0 Å². The van der Waals surface area contributed by atoms with Gasteiger partial charge in [0.05, 0.1) is 12.4 Å². The second kappa shape index (κ2) is 7.13.